The number of hydrogen-bond acceptors (Lipinski definition) is 4. The molecular formula is C21H24N2O3S. The Morgan fingerprint density at radius 2 is 1.93 bits per heavy atom. The lowest BCUT2D eigenvalue weighted by molar-refractivity contribution is -0.111. The Labute approximate surface area is 163 Å². The van der Waals surface area contributed by atoms with Crippen molar-refractivity contribution in [2.24, 2.45) is 0 Å². The molecule has 27 heavy (non-hydrogen) atoms. The van der Waals surface area contributed by atoms with Gasteiger partial charge in [-0.15, -0.1) is 11.3 Å². The number of fused-ring (bicyclic) bond motifs is 1. The molecule has 0 fully saturated rings. The normalized spacial score (nSPS) is 13.3. The molecule has 1 aromatic carbocycles. The third-order valence-corrected chi connectivity index (χ3v) is 5.72. The molecule has 1 aromatic heterocycles. The van der Waals surface area contributed by atoms with E-state index in [4.69, 9.17) is 4.74 Å². The predicted molar refractivity (Wildman–Crippen MR) is 110 cm³/mol. The minimum absolute atomic E-state index is 0.105. The number of anilines is 1. The summed E-state index contributed by atoms with van der Waals surface area (Å²) in [6.07, 6.45) is 7.32. The van der Waals surface area contributed by atoms with Crippen molar-refractivity contribution in [3.8, 4) is 5.75 Å². The maximum atomic E-state index is 12.5. The second-order valence-corrected chi connectivity index (χ2v) is 7.48. The molecule has 1 aliphatic rings. The van der Waals surface area contributed by atoms with Gasteiger partial charge in [0, 0.05) is 17.5 Å². The highest BCUT2D eigenvalue weighted by Gasteiger charge is 2.25. The van der Waals surface area contributed by atoms with Gasteiger partial charge in [-0.25, -0.2) is 0 Å². The van der Waals surface area contributed by atoms with Crippen molar-refractivity contribution < 1.29 is 14.3 Å². The topological polar surface area (TPSA) is 67.4 Å². The van der Waals surface area contributed by atoms with Gasteiger partial charge in [-0.1, -0.05) is 12.1 Å². The zero-order valence-corrected chi connectivity index (χ0v) is 16.4. The number of thiophene rings is 1. The fraction of sp³-hybridized carbons (Fsp3) is 0.333. The van der Waals surface area contributed by atoms with E-state index in [0.717, 1.165) is 42.6 Å². The van der Waals surface area contributed by atoms with Gasteiger partial charge >= 0.3 is 0 Å². The van der Waals surface area contributed by atoms with Crippen molar-refractivity contribution >= 4 is 34.2 Å². The molecule has 0 saturated heterocycles. The number of aryl methyl sites for hydroxylation is 1. The van der Waals surface area contributed by atoms with Gasteiger partial charge < -0.3 is 15.4 Å². The van der Waals surface area contributed by atoms with Crippen LogP contribution in [0.4, 0.5) is 5.00 Å². The lowest BCUT2D eigenvalue weighted by Gasteiger charge is -2.12. The van der Waals surface area contributed by atoms with E-state index in [1.807, 2.05) is 31.2 Å². The fourth-order valence-corrected chi connectivity index (χ4v) is 4.47. The highest BCUT2D eigenvalue weighted by molar-refractivity contribution is 7.17. The van der Waals surface area contributed by atoms with Crippen LogP contribution in [0.3, 0.4) is 0 Å². The Hall–Kier alpha value is -2.60. The maximum Gasteiger partial charge on any atom is 0.254 e. The van der Waals surface area contributed by atoms with Crippen LogP contribution in [-0.4, -0.2) is 25.5 Å². The molecule has 5 nitrogen and oxygen atoms in total. The maximum absolute atomic E-state index is 12.5. The van der Waals surface area contributed by atoms with E-state index in [9.17, 15) is 9.59 Å². The summed E-state index contributed by atoms with van der Waals surface area (Å²) < 4.78 is 5.13. The number of rotatable bonds is 6. The number of ether oxygens (including phenoxy) is 1. The molecule has 6 heteroatoms. The average molecular weight is 385 g/mol. The molecule has 2 N–H and O–H groups in total. The van der Waals surface area contributed by atoms with E-state index >= 15 is 0 Å². The molecule has 1 heterocycles. The summed E-state index contributed by atoms with van der Waals surface area (Å²) in [7, 11) is 1.62. The van der Waals surface area contributed by atoms with Crippen molar-refractivity contribution in [1.82, 2.24) is 5.32 Å². The third-order valence-electron chi connectivity index (χ3n) is 4.52. The molecule has 2 amide bonds. The minimum atomic E-state index is -0.241. The second-order valence-electron chi connectivity index (χ2n) is 6.37. The van der Waals surface area contributed by atoms with Crippen molar-refractivity contribution in [1.29, 1.82) is 0 Å². The molecule has 0 bridgehead atoms. The average Bonchev–Trinajstić information content (AvgIpc) is 3.04. The Morgan fingerprint density at radius 1 is 1.19 bits per heavy atom. The summed E-state index contributed by atoms with van der Waals surface area (Å²) >= 11 is 1.53. The second kappa shape index (κ2) is 8.86. The van der Waals surface area contributed by atoms with E-state index in [0.29, 0.717) is 17.1 Å². The van der Waals surface area contributed by atoms with Crippen LogP contribution in [0.1, 0.15) is 46.1 Å². The van der Waals surface area contributed by atoms with E-state index in [1.54, 1.807) is 13.2 Å². The van der Waals surface area contributed by atoms with Crippen LogP contribution in [0, 0.1) is 0 Å². The Morgan fingerprint density at radius 3 is 2.63 bits per heavy atom. The number of nitrogens with one attached hydrogen (secondary N) is 2. The predicted octanol–water partition coefficient (Wildman–Crippen LogP) is 4.04. The summed E-state index contributed by atoms with van der Waals surface area (Å²) in [6, 6.07) is 7.45. The Balaban J connectivity index is 1.77. The molecular weight excluding hydrogens is 360 g/mol. The number of benzene rings is 1. The van der Waals surface area contributed by atoms with Crippen molar-refractivity contribution in [2.75, 3.05) is 19.0 Å². The standard InChI is InChI=1S/C21H24N2O3S/c1-3-22-20(25)19-16-6-4-5-7-17(16)27-21(19)23-18(24)13-10-14-8-11-15(26-2)12-9-14/h8-13H,3-7H2,1-2H3,(H,22,25)(H,23,24). The molecule has 3 rings (SSSR count). The first-order valence-corrected chi connectivity index (χ1v) is 10.00. The minimum Gasteiger partial charge on any atom is -0.497 e. The van der Waals surface area contributed by atoms with Crippen LogP contribution in [-0.2, 0) is 17.6 Å². The van der Waals surface area contributed by atoms with Crippen molar-refractivity contribution in [3.05, 3.63) is 51.9 Å². The van der Waals surface area contributed by atoms with Gasteiger partial charge in [0.15, 0.2) is 0 Å². The number of methoxy groups -OCH3 is 1. The lowest BCUT2D eigenvalue weighted by Crippen LogP contribution is -2.25. The summed E-state index contributed by atoms with van der Waals surface area (Å²) in [5.74, 6) is 0.425. The van der Waals surface area contributed by atoms with Crippen LogP contribution < -0.4 is 15.4 Å². The number of carbonyl (C=O) groups is 2. The van der Waals surface area contributed by atoms with Gasteiger partial charge in [0.25, 0.3) is 5.91 Å². The van der Waals surface area contributed by atoms with Gasteiger partial charge in [0.2, 0.25) is 5.91 Å². The van der Waals surface area contributed by atoms with Crippen LogP contribution in [0.2, 0.25) is 0 Å². The van der Waals surface area contributed by atoms with Gasteiger partial charge in [0.05, 0.1) is 12.7 Å². The Kier molecular flexibility index (Phi) is 6.29. The summed E-state index contributed by atoms with van der Waals surface area (Å²) in [5, 5.41) is 6.42. The molecule has 0 atom stereocenters. The molecule has 0 unspecified atom stereocenters. The first-order chi connectivity index (χ1) is 13.1. The third kappa shape index (κ3) is 4.57. The van der Waals surface area contributed by atoms with Crippen LogP contribution in [0.15, 0.2) is 30.3 Å². The van der Waals surface area contributed by atoms with Gasteiger partial charge in [-0.05, 0) is 61.9 Å². The molecule has 0 spiro atoms. The van der Waals surface area contributed by atoms with Gasteiger partial charge in [-0.3, -0.25) is 9.59 Å². The van der Waals surface area contributed by atoms with Crippen LogP contribution in [0.5, 0.6) is 5.75 Å². The molecule has 1 aliphatic carbocycles. The summed E-state index contributed by atoms with van der Waals surface area (Å²) in [4.78, 5) is 26.2. The number of hydrogen-bond donors (Lipinski definition) is 2. The zero-order chi connectivity index (χ0) is 19.2. The first kappa shape index (κ1) is 19.2. The molecule has 2 aromatic rings. The van der Waals surface area contributed by atoms with Crippen molar-refractivity contribution in [3.63, 3.8) is 0 Å². The summed E-state index contributed by atoms with van der Waals surface area (Å²) in [5.41, 5.74) is 2.65. The largest absolute Gasteiger partial charge is 0.497 e. The van der Waals surface area contributed by atoms with Crippen LogP contribution in [0.25, 0.3) is 6.08 Å². The monoisotopic (exact) mass is 384 g/mol. The molecule has 0 aliphatic heterocycles. The summed E-state index contributed by atoms with van der Waals surface area (Å²) in [6.45, 7) is 2.46. The lowest BCUT2D eigenvalue weighted by atomic mass is 9.95. The van der Waals surface area contributed by atoms with E-state index in [-0.39, 0.29) is 11.8 Å². The zero-order valence-electron chi connectivity index (χ0n) is 15.6. The highest BCUT2D eigenvalue weighted by Crippen LogP contribution is 2.38. The van der Waals surface area contributed by atoms with Gasteiger partial charge in [-0.2, -0.15) is 0 Å². The molecule has 0 saturated carbocycles. The van der Waals surface area contributed by atoms with E-state index in [1.165, 1.54) is 22.3 Å². The van der Waals surface area contributed by atoms with E-state index in [2.05, 4.69) is 10.6 Å². The smallest absolute Gasteiger partial charge is 0.254 e. The molecule has 0 radical (unpaired) electrons. The number of amides is 2. The fourth-order valence-electron chi connectivity index (χ4n) is 3.18. The highest BCUT2D eigenvalue weighted by atomic mass is 32.1. The van der Waals surface area contributed by atoms with Gasteiger partial charge in [0.1, 0.15) is 10.8 Å². The number of carbonyl (C=O) groups excluding carboxylic acids is 2. The Bertz CT molecular complexity index is 853. The SMILES string of the molecule is CCNC(=O)c1c(NC(=O)C=Cc2ccc(OC)cc2)sc2c1CCCC2. The first-order valence-electron chi connectivity index (χ1n) is 9.18. The van der Waals surface area contributed by atoms with E-state index < -0.39 is 0 Å². The molecule has 142 valence electrons. The quantitative estimate of drug-likeness (QED) is 0.739. The van der Waals surface area contributed by atoms with Crippen LogP contribution >= 0.6 is 11.3 Å². The van der Waals surface area contributed by atoms with Crippen molar-refractivity contribution in [2.45, 2.75) is 32.6 Å².